The van der Waals surface area contributed by atoms with Gasteiger partial charge in [0.1, 0.15) is 0 Å². The minimum absolute atomic E-state index is 0.0536. The van der Waals surface area contributed by atoms with Gasteiger partial charge in [-0.2, -0.15) is 0 Å². The van der Waals surface area contributed by atoms with Crippen LogP contribution in [0.15, 0.2) is 18.2 Å². The number of amides is 1. The van der Waals surface area contributed by atoms with Crippen LogP contribution in [0.4, 0.5) is 0 Å². The summed E-state index contributed by atoms with van der Waals surface area (Å²) in [5.74, 6) is 0.0536. The molecule has 0 saturated carbocycles. The Bertz CT molecular complexity index is 336. The van der Waals surface area contributed by atoms with E-state index in [-0.39, 0.29) is 5.91 Å². The summed E-state index contributed by atoms with van der Waals surface area (Å²) in [6, 6.07) is 5.58. The van der Waals surface area contributed by atoms with Crippen molar-refractivity contribution in [3.05, 3.63) is 34.3 Å². The minimum atomic E-state index is 0.0536. The molecule has 14 heavy (non-hydrogen) atoms. The number of carbonyl (C=O) groups is 1. The molecule has 0 fully saturated rings. The second-order valence-electron chi connectivity index (χ2n) is 3.20. The third-order valence-electron chi connectivity index (χ3n) is 2.03. The number of halogens is 1. The van der Waals surface area contributed by atoms with Crippen LogP contribution in [0.1, 0.15) is 18.1 Å². The van der Waals surface area contributed by atoms with E-state index in [4.69, 9.17) is 11.6 Å². The fraction of sp³-hybridized carbons (Fsp3) is 0.364. The summed E-state index contributed by atoms with van der Waals surface area (Å²) in [7, 11) is 0. The van der Waals surface area contributed by atoms with Crippen molar-refractivity contribution in [2.75, 3.05) is 6.54 Å². The predicted octanol–water partition coefficient (Wildman–Crippen LogP) is 2.33. The van der Waals surface area contributed by atoms with E-state index in [1.807, 2.05) is 32.0 Å². The second kappa shape index (κ2) is 5.01. The first-order valence-electron chi connectivity index (χ1n) is 4.65. The zero-order valence-corrected chi connectivity index (χ0v) is 9.19. The van der Waals surface area contributed by atoms with Crippen molar-refractivity contribution in [3.63, 3.8) is 0 Å². The largest absolute Gasteiger partial charge is 0.356 e. The van der Waals surface area contributed by atoms with E-state index < -0.39 is 0 Å². The van der Waals surface area contributed by atoms with Crippen molar-refractivity contribution in [2.45, 2.75) is 20.3 Å². The molecule has 1 amide bonds. The third kappa shape index (κ3) is 3.04. The average molecular weight is 212 g/mol. The van der Waals surface area contributed by atoms with Crippen LogP contribution in [0, 0.1) is 6.92 Å². The van der Waals surface area contributed by atoms with Crippen LogP contribution in [0.5, 0.6) is 0 Å². The number of nitrogens with one attached hydrogen (secondary N) is 1. The molecule has 1 N–H and O–H groups in total. The molecule has 1 aromatic carbocycles. The van der Waals surface area contributed by atoms with Gasteiger partial charge >= 0.3 is 0 Å². The lowest BCUT2D eigenvalue weighted by atomic mass is 10.1. The summed E-state index contributed by atoms with van der Waals surface area (Å²) in [6.45, 7) is 4.54. The summed E-state index contributed by atoms with van der Waals surface area (Å²) in [5, 5.41) is 3.47. The van der Waals surface area contributed by atoms with Crippen molar-refractivity contribution < 1.29 is 4.79 Å². The van der Waals surface area contributed by atoms with Gasteiger partial charge in [0.05, 0.1) is 6.42 Å². The van der Waals surface area contributed by atoms with Crippen molar-refractivity contribution >= 4 is 17.5 Å². The number of rotatable bonds is 3. The van der Waals surface area contributed by atoms with Crippen LogP contribution < -0.4 is 5.32 Å². The van der Waals surface area contributed by atoms with Gasteiger partial charge < -0.3 is 5.32 Å². The lowest BCUT2D eigenvalue weighted by molar-refractivity contribution is -0.120. The quantitative estimate of drug-likeness (QED) is 0.817. The highest BCUT2D eigenvalue weighted by Crippen LogP contribution is 2.15. The molecule has 0 unspecified atom stereocenters. The normalized spacial score (nSPS) is 9.93. The molecule has 1 aromatic rings. The molecule has 0 heterocycles. The topological polar surface area (TPSA) is 29.1 Å². The summed E-state index contributed by atoms with van der Waals surface area (Å²) < 4.78 is 0. The van der Waals surface area contributed by atoms with E-state index in [1.54, 1.807) is 0 Å². The van der Waals surface area contributed by atoms with Gasteiger partial charge in [-0.15, -0.1) is 0 Å². The Morgan fingerprint density at radius 3 is 2.79 bits per heavy atom. The van der Waals surface area contributed by atoms with Gasteiger partial charge in [-0.05, 0) is 37.1 Å². The molecule has 76 valence electrons. The highest BCUT2D eigenvalue weighted by atomic mass is 35.5. The predicted molar refractivity (Wildman–Crippen MR) is 58.6 cm³/mol. The zero-order chi connectivity index (χ0) is 10.6. The SMILES string of the molecule is CCNC(=O)Cc1ccc(Cl)cc1C. The summed E-state index contributed by atoms with van der Waals surface area (Å²) >= 11 is 5.81. The molecular weight excluding hydrogens is 198 g/mol. The van der Waals surface area contributed by atoms with Crippen LogP contribution in [-0.4, -0.2) is 12.5 Å². The van der Waals surface area contributed by atoms with E-state index >= 15 is 0 Å². The minimum Gasteiger partial charge on any atom is -0.356 e. The molecule has 2 nitrogen and oxygen atoms in total. The van der Waals surface area contributed by atoms with E-state index in [0.29, 0.717) is 18.0 Å². The van der Waals surface area contributed by atoms with Gasteiger partial charge in [0.2, 0.25) is 5.91 Å². The second-order valence-corrected chi connectivity index (χ2v) is 3.64. The number of hydrogen-bond acceptors (Lipinski definition) is 1. The van der Waals surface area contributed by atoms with E-state index in [0.717, 1.165) is 11.1 Å². The van der Waals surface area contributed by atoms with Crippen LogP contribution in [0.2, 0.25) is 5.02 Å². The number of carbonyl (C=O) groups excluding carboxylic acids is 1. The highest BCUT2D eigenvalue weighted by molar-refractivity contribution is 6.30. The summed E-state index contributed by atoms with van der Waals surface area (Å²) in [5.41, 5.74) is 2.09. The Morgan fingerprint density at radius 1 is 1.50 bits per heavy atom. The van der Waals surface area contributed by atoms with Crippen LogP contribution in [-0.2, 0) is 11.2 Å². The molecule has 0 aliphatic carbocycles. The van der Waals surface area contributed by atoms with Gasteiger partial charge in [0, 0.05) is 11.6 Å². The standard InChI is InChI=1S/C11H14ClNO/c1-3-13-11(14)7-9-4-5-10(12)6-8(9)2/h4-6H,3,7H2,1-2H3,(H,13,14). The van der Waals surface area contributed by atoms with Crippen molar-refractivity contribution in [1.29, 1.82) is 0 Å². The molecule has 0 spiro atoms. The third-order valence-corrected chi connectivity index (χ3v) is 2.26. The molecule has 1 rings (SSSR count). The Balaban J connectivity index is 2.72. The van der Waals surface area contributed by atoms with Crippen LogP contribution >= 0.6 is 11.6 Å². The average Bonchev–Trinajstić information content (AvgIpc) is 2.10. The van der Waals surface area contributed by atoms with Crippen molar-refractivity contribution in [3.8, 4) is 0 Å². The molecule has 3 heteroatoms. The monoisotopic (exact) mass is 211 g/mol. The molecule has 0 bridgehead atoms. The van der Waals surface area contributed by atoms with E-state index in [1.165, 1.54) is 0 Å². The number of aryl methyl sites for hydroxylation is 1. The van der Waals surface area contributed by atoms with Crippen LogP contribution in [0.25, 0.3) is 0 Å². The fourth-order valence-corrected chi connectivity index (χ4v) is 1.52. The molecule has 0 saturated heterocycles. The van der Waals surface area contributed by atoms with Gasteiger partial charge in [-0.3, -0.25) is 4.79 Å². The van der Waals surface area contributed by atoms with Gasteiger partial charge in [-0.1, -0.05) is 17.7 Å². The number of likely N-dealkylation sites (N-methyl/N-ethyl adjacent to an activating group) is 1. The highest BCUT2D eigenvalue weighted by Gasteiger charge is 2.04. The lowest BCUT2D eigenvalue weighted by Gasteiger charge is -2.05. The summed E-state index contributed by atoms with van der Waals surface area (Å²) in [6.07, 6.45) is 0.427. The smallest absolute Gasteiger partial charge is 0.224 e. The van der Waals surface area contributed by atoms with Gasteiger partial charge in [0.15, 0.2) is 0 Å². The summed E-state index contributed by atoms with van der Waals surface area (Å²) in [4.78, 5) is 11.3. The first kappa shape index (κ1) is 11.1. The maximum atomic E-state index is 11.3. The van der Waals surface area contributed by atoms with Crippen molar-refractivity contribution in [1.82, 2.24) is 5.32 Å². The lowest BCUT2D eigenvalue weighted by Crippen LogP contribution is -2.24. The van der Waals surface area contributed by atoms with Crippen LogP contribution in [0.3, 0.4) is 0 Å². The Hall–Kier alpha value is -1.02. The Kier molecular flexibility index (Phi) is 3.96. The maximum absolute atomic E-state index is 11.3. The Morgan fingerprint density at radius 2 is 2.21 bits per heavy atom. The Labute approximate surface area is 89.3 Å². The van der Waals surface area contributed by atoms with E-state index in [2.05, 4.69) is 5.32 Å². The molecule has 0 aliphatic rings. The molecule has 0 aliphatic heterocycles. The zero-order valence-electron chi connectivity index (χ0n) is 8.43. The van der Waals surface area contributed by atoms with Gasteiger partial charge in [-0.25, -0.2) is 0 Å². The van der Waals surface area contributed by atoms with Gasteiger partial charge in [0.25, 0.3) is 0 Å². The fourth-order valence-electron chi connectivity index (χ4n) is 1.29. The molecule has 0 radical (unpaired) electrons. The number of hydrogen-bond donors (Lipinski definition) is 1. The van der Waals surface area contributed by atoms with E-state index in [9.17, 15) is 4.79 Å². The first-order chi connectivity index (χ1) is 6.63. The number of benzene rings is 1. The molecular formula is C11H14ClNO. The van der Waals surface area contributed by atoms with Crippen molar-refractivity contribution in [2.24, 2.45) is 0 Å². The molecule has 0 atom stereocenters. The first-order valence-corrected chi connectivity index (χ1v) is 5.03. The molecule has 0 aromatic heterocycles. The maximum Gasteiger partial charge on any atom is 0.224 e.